The van der Waals surface area contributed by atoms with Crippen molar-refractivity contribution in [1.82, 2.24) is 19.7 Å². The smallest absolute Gasteiger partial charge is 0.152 e. The van der Waals surface area contributed by atoms with Crippen molar-refractivity contribution in [3.8, 4) is 0 Å². The minimum absolute atomic E-state index is 0.551. The number of nitrogen functional groups attached to an aromatic ring is 1. The molecule has 2 aromatic heterocycles. The molecule has 0 saturated carbocycles. The standard InChI is InChI=1S/C10H14N6/c1-7-5-9(15-11)14-10(13-7)6-16-8(2)3-4-12-16/h3-5H,6,11H2,1-2H3,(H,13,14,15). The van der Waals surface area contributed by atoms with Gasteiger partial charge in [0, 0.05) is 23.7 Å². The largest absolute Gasteiger partial charge is 0.308 e. The Morgan fingerprint density at radius 3 is 2.81 bits per heavy atom. The number of nitrogens with one attached hydrogen (secondary N) is 1. The van der Waals surface area contributed by atoms with Crippen LogP contribution in [-0.2, 0) is 6.54 Å². The maximum absolute atomic E-state index is 5.33. The van der Waals surface area contributed by atoms with Gasteiger partial charge in [-0.25, -0.2) is 15.8 Å². The zero-order valence-electron chi connectivity index (χ0n) is 9.31. The molecule has 0 aliphatic carbocycles. The summed E-state index contributed by atoms with van der Waals surface area (Å²) in [6.45, 7) is 4.45. The summed E-state index contributed by atoms with van der Waals surface area (Å²) >= 11 is 0. The molecule has 0 radical (unpaired) electrons. The molecule has 6 heteroatoms. The van der Waals surface area contributed by atoms with E-state index in [4.69, 9.17) is 5.84 Å². The van der Waals surface area contributed by atoms with Gasteiger partial charge in [0.05, 0.1) is 0 Å². The van der Waals surface area contributed by atoms with Gasteiger partial charge in [-0.05, 0) is 19.9 Å². The molecule has 0 aliphatic rings. The van der Waals surface area contributed by atoms with Crippen molar-refractivity contribution in [3.63, 3.8) is 0 Å². The summed E-state index contributed by atoms with van der Waals surface area (Å²) in [4.78, 5) is 8.59. The van der Waals surface area contributed by atoms with Crippen LogP contribution in [0.15, 0.2) is 18.3 Å². The molecule has 0 bridgehead atoms. The zero-order valence-corrected chi connectivity index (χ0v) is 9.31. The van der Waals surface area contributed by atoms with Gasteiger partial charge >= 0.3 is 0 Å². The molecule has 2 heterocycles. The highest BCUT2D eigenvalue weighted by Gasteiger charge is 2.04. The van der Waals surface area contributed by atoms with E-state index >= 15 is 0 Å². The van der Waals surface area contributed by atoms with Crippen molar-refractivity contribution in [2.45, 2.75) is 20.4 Å². The first kappa shape index (κ1) is 10.6. The molecule has 2 rings (SSSR count). The van der Waals surface area contributed by atoms with Gasteiger partial charge in [0.25, 0.3) is 0 Å². The first-order valence-corrected chi connectivity index (χ1v) is 4.98. The minimum atomic E-state index is 0.551. The average molecular weight is 218 g/mol. The van der Waals surface area contributed by atoms with Gasteiger partial charge in [-0.2, -0.15) is 5.10 Å². The Morgan fingerprint density at radius 2 is 2.19 bits per heavy atom. The van der Waals surface area contributed by atoms with Crippen LogP contribution in [0.4, 0.5) is 5.82 Å². The van der Waals surface area contributed by atoms with E-state index in [1.165, 1.54) is 0 Å². The lowest BCUT2D eigenvalue weighted by Crippen LogP contribution is -2.13. The SMILES string of the molecule is Cc1cc(NN)nc(Cn2nccc2C)n1. The van der Waals surface area contributed by atoms with Gasteiger partial charge in [0.15, 0.2) is 5.82 Å². The number of anilines is 1. The maximum Gasteiger partial charge on any atom is 0.152 e. The molecular formula is C10H14N6. The third kappa shape index (κ3) is 2.17. The Labute approximate surface area is 93.5 Å². The van der Waals surface area contributed by atoms with Crippen LogP contribution in [0.1, 0.15) is 17.2 Å². The van der Waals surface area contributed by atoms with Crippen molar-refractivity contribution in [3.05, 3.63) is 35.5 Å². The van der Waals surface area contributed by atoms with E-state index in [9.17, 15) is 0 Å². The van der Waals surface area contributed by atoms with Crippen LogP contribution in [0.5, 0.6) is 0 Å². The van der Waals surface area contributed by atoms with Crippen LogP contribution < -0.4 is 11.3 Å². The van der Waals surface area contributed by atoms with Gasteiger partial charge < -0.3 is 5.43 Å². The Kier molecular flexibility index (Phi) is 2.82. The number of nitrogens with two attached hydrogens (primary N) is 1. The number of rotatable bonds is 3. The van der Waals surface area contributed by atoms with E-state index in [-0.39, 0.29) is 0 Å². The van der Waals surface area contributed by atoms with Crippen molar-refractivity contribution in [2.75, 3.05) is 5.43 Å². The van der Waals surface area contributed by atoms with E-state index in [0.29, 0.717) is 18.2 Å². The molecule has 0 unspecified atom stereocenters. The summed E-state index contributed by atoms with van der Waals surface area (Å²) in [5, 5.41) is 4.18. The van der Waals surface area contributed by atoms with Gasteiger partial charge in [-0.15, -0.1) is 0 Å². The molecule has 0 amide bonds. The van der Waals surface area contributed by atoms with E-state index < -0.39 is 0 Å². The third-order valence-corrected chi connectivity index (χ3v) is 2.27. The fourth-order valence-corrected chi connectivity index (χ4v) is 1.47. The van der Waals surface area contributed by atoms with Gasteiger partial charge in [-0.3, -0.25) is 4.68 Å². The van der Waals surface area contributed by atoms with Crippen molar-refractivity contribution in [1.29, 1.82) is 0 Å². The molecule has 0 atom stereocenters. The van der Waals surface area contributed by atoms with E-state index in [0.717, 1.165) is 11.4 Å². The van der Waals surface area contributed by atoms with Crippen molar-refractivity contribution >= 4 is 5.82 Å². The van der Waals surface area contributed by atoms with Crippen LogP contribution in [0.2, 0.25) is 0 Å². The number of hydrazine groups is 1. The second-order valence-corrected chi connectivity index (χ2v) is 3.59. The molecule has 0 saturated heterocycles. The highest BCUT2D eigenvalue weighted by Crippen LogP contribution is 2.06. The Hall–Kier alpha value is -1.95. The summed E-state index contributed by atoms with van der Waals surface area (Å²) in [6, 6.07) is 3.73. The van der Waals surface area contributed by atoms with Gasteiger partial charge in [-0.1, -0.05) is 0 Å². The summed E-state index contributed by atoms with van der Waals surface area (Å²) in [7, 11) is 0. The second kappa shape index (κ2) is 4.28. The average Bonchev–Trinajstić information content (AvgIpc) is 2.63. The molecule has 6 nitrogen and oxygen atoms in total. The highest BCUT2D eigenvalue weighted by atomic mass is 15.3. The lowest BCUT2D eigenvalue weighted by Gasteiger charge is -2.06. The number of nitrogens with zero attached hydrogens (tertiary/aromatic N) is 4. The first-order valence-electron chi connectivity index (χ1n) is 4.98. The predicted octanol–water partition coefficient (Wildman–Crippen LogP) is 0.624. The lowest BCUT2D eigenvalue weighted by molar-refractivity contribution is 0.635. The number of hydrogen-bond acceptors (Lipinski definition) is 5. The van der Waals surface area contributed by atoms with Crippen molar-refractivity contribution in [2.24, 2.45) is 5.84 Å². The van der Waals surface area contributed by atoms with E-state index in [2.05, 4.69) is 20.5 Å². The van der Waals surface area contributed by atoms with Crippen LogP contribution >= 0.6 is 0 Å². The molecule has 84 valence electrons. The first-order chi connectivity index (χ1) is 7.69. The topological polar surface area (TPSA) is 81.6 Å². The summed E-state index contributed by atoms with van der Waals surface area (Å²) in [5.41, 5.74) is 4.48. The summed E-state index contributed by atoms with van der Waals surface area (Å²) < 4.78 is 1.84. The fourth-order valence-electron chi connectivity index (χ4n) is 1.47. The maximum atomic E-state index is 5.33. The normalized spacial score (nSPS) is 10.4. The molecule has 0 aromatic carbocycles. The molecule has 2 aromatic rings. The van der Waals surface area contributed by atoms with Crippen molar-refractivity contribution < 1.29 is 0 Å². The number of hydrogen-bond donors (Lipinski definition) is 2. The molecule has 16 heavy (non-hydrogen) atoms. The number of aromatic nitrogens is 4. The van der Waals surface area contributed by atoms with E-state index in [1.54, 1.807) is 12.3 Å². The highest BCUT2D eigenvalue weighted by molar-refractivity contribution is 5.33. The Bertz CT molecular complexity index is 490. The molecule has 0 spiro atoms. The van der Waals surface area contributed by atoms with Crippen LogP contribution in [0, 0.1) is 13.8 Å². The minimum Gasteiger partial charge on any atom is -0.308 e. The Balaban J connectivity index is 2.28. The zero-order chi connectivity index (χ0) is 11.5. The molecular weight excluding hydrogens is 204 g/mol. The number of aryl methyl sites for hydroxylation is 2. The second-order valence-electron chi connectivity index (χ2n) is 3.59. The fraction of sp³-hybridized carbons (Fsp3) is 0.300. The lowest BCUT2D eigenvalue weighted by atomic mass is 10.4. The third-order valence-electron chi connectivity index (χ3n) is 2.27. The summed E-state index contributed by atoms with van der Waals surface area (Å²) in [6.07, 6.45) is 1.76. The molecule has 0 aliphatic heterocycles. The quantitative estimate of drug-likeness (QED) is 0.583. The Morgan fingerprint density at radius 1 is 1.38 bits per heavy atom. The van der Waals surface area contributed by atoms with Gasteiger partial charge in [0.2, 0.25) is 0 Å². The monoisotopic (exact) mass is 218 g/mol. The van der Waals surface area contributed by atoms with Crippen LogP contribution in [0.25, 0.3) is 0 Å². The summed E-state index contributed by atoms with van der Waals surface area (Å²) in [5.74, 6) is 6.64. The molecule has 3 N–H and O–H groups in total. The van der Waals surface area contributed by atoms with Crippen LogP contribution in [-0.4, -0.2) is 19.7 Å². The van der Waals surface area contributed by atoms with Gasteiger partial charge in [0.1, 0.15) is 12.4 Å². The predicted molar refractivity (Wildman–Crippen MR) is 60.6 cm³/mol. The van der Waals surface area contributed by atoms with Crippen LogP contribution in [0.3, 0.4) is 0 Å². The van der Waals surface area contributed by atoms with E-state index in [1.807, 2.05) is 24.6 Å². The molecule has 0 fully saturated rings.